The molecule has 0 spiro atoms. The molecule has 0 fully saturated rings. The van der Waals surface area contributed by atoms with Crippen molar-refractivity contribution < 1.29 is 4.42 Å². The summed E-state index contributed by atoms with van der Waals surface area (Å²) in [6.07, 6.45) is 3.66. The van der Waals surface area contributed by atoms with Crippen molar-refractivity contribution in [2.45, 2.75) is 0 Å². The zero-order valence-electron chi connectivity index (χ0n) is 19.9. The first-order valence-electron chi connectivity index (χ1n) is 12.2. The molecule has 0 N–H and O–H groups in total. The zero-order chi connectivity index (χ0) is 24.6. The van der Waals surface area contributed by atoms with Crippen LogP contribution in [0, 0.1) is 0 Å². The van der Waals surface area contributed by atoms with Crippen LogP contribution in [0.3, 0.4) is 0 Å². The number of nitrogens with zero attached hydrogens (tertiary/aromatic N) is 3. The van der Waals surface area contributed by atoms with Crippen LogP contribution in [0.5, 0.6) is 0 Å². The summed E-state index contributed by atoms with van der Waals surface area (Å²) in [5.74, 6) is 0.674. The van der Waals surface area contributed by atoms with Crippen LogP contribution in [0.1, 0.15) is 0 Å². The minimum absolute atomic E-state index is 0.674. The summed E-state index contributed by atoms with van der Waals surface area (Å²) in [6, 6.07) is 38.9. The first kappa shape index (κ1) is 21.2. The lowest BCUT2D eigenvalue weighted by molar-refractivity contribution is 0.669. The van der Waals surface area contributed by atoms with Gasteiger partial charge in [0.25, 0.3) is 0 Å². The Hall–Kier alpha value is -5.09. The lowest BCUT2D eigenvalue weighted by atomic mass is 9.99. The van der Waals surface area contributed by atoms with E-state index in [4.69, 9.17) is 14.4 Å². The minimum atomic E-state index is 0.674. The minimum Gasteiger partial charge on any atom is -0.456 e. The number of para-hydroxylation sites is 1. The highest BCUT2D eigenvalue weighted by molar-refractivity contribution is 6.06. The van der Waals surface area contributed by atoms with Crippen molar-refractivity contribution in [1.82, 2.24) is 15.0 Å². The quantitative estimate of drug-likeness (QED) is 0.256. The number of hydrogen-bond acceptors (Lipinski definition) is 4. The third-order valence-electron chi connectivity index (χ3n) is 6.61. The number of hydrogen-bond donors (Lipinski definition) is 0. The van der Waals surface area contributed by atoms with Gasteiger partial charge in [0.1, 0.15) is 11.2 Å². The monoisotopic (exact) mass is 475 g/mol. The summed E-state index contributed by atoms with van der Waals surface area (Å²) in [4.78, 5) is 14.5. The van der Waals surface area contributed by atoms with Gasteiger partial charge in [0, 0.05) is 45.4 Å². The largest absolute Gasteiger partial charge is 0.456 e. The van der Waals surface area contributed by atoms with E-state index >= 15 is 0 Å². The third-order valence-corrected chi connectivity index (χ3v) is 6.61. The van der Waals surface area contributed by atoms with Gasteiger partial charge in [-0.25, -0.2) is 9.97 Å². The molecule has 0 amide bonds. The lowest BCUT2D eigenvalue weighted by Crippen LogP contribution is -1.97. The molecule has 4 heteroatoms. The van der Waals surface area contributed by atoms with E-state index in [-0.39, 0.29) is 0 Å². The molecule has 3 aromatic heterocycles. The molecule has 0 atom stereocenters. The Kier molecular flexibility index (Phi) is 5.07. The van der Waals surface area contributed by atoms with Gasteiger partial charge in [0.05, 0.1) is 11.4 Å². The smallest absolute Gasteiger partial charge is 0.161 e. The van der Waals surface area contributed by atoms with E-state index in [9.17, 15) is 0 Å². The topological polar surface area (TPSA) is 51.8 Å². The van der Waals surface area contributed by atoms with Gasteiger partial charge >= 0.3 is 0 Å². The third kappa shape index (κ3) is 3.85. The molecule has 0 aliphatic rings. The Morgan fingerprint density at radius 1 is 0.486 bits per heavy atom. The molecule has 0 bridgehead atoms. The molecule has 0 saturated heterocycles. The van der Waals surface area contributed by atoms with Crippen molar-refractivity contribution in [3.63, 3.8) is 0 Å². The predicted octanol–water partition coefficient (Wildman–Crippen LogP) is 8.44. The number of rotatable bonds is 4. The lowest BCUT2D eigenvalue weighted by Gasteiger charge is -2.12. The normalized spacial score (nSPS) is 11.2. The van der Waals surface area contributed by atoms with Gasteiger partial charge in [-0.3, -0.25) is 4.98 Å². The van der Waals surface area contributed by atoms with Crippen LogP contribution in [-0.4, -0.2) is 15.0 Å². The van der Waals surface area contributed by atoms with Crippen molar-refractivity contribution in [2.24, 2.45) is 0 Å². The van der Waals surface area contributed by atoms with Crippen LogP contribution in [0.4, 0.5) is 0 Å². The fourth-order valence-electron chi connectivity index (χ4n) is 4.81. The number of aromatic nitrogens is 3. The summed E-state index contributed by atoms with van der Waals surface area (Å²) in [6.45, 7) is 0. The fourth-order valence-corrected chi connectivity index (χ4v) is 4.81. The predicted molar refractivity (Wildman–Crippen MR) is 149 cm³/mol. The van der Waals surface area contributed by atoms with E-state index in [1.165, 1.54) is 0 Å². The van der Waals surface area contributed by atoms with Gasteiger partial charge in [-0.05, 0) is 42.0 Å². The molecule has 0 radical (unpaired) electrons. The highest BCUT2D eigenvalue weighted by atomic mass is 16.3. The van der Waals surface area contributed by atoms with E-state index in [1.807, 2.05) is 66.9 Å². The molecular weight excluding hydrogens is 454 g/mol. The first-order valence-corrected chi connectivity index (χ1v) is 12.2. The molecule has 0 aliphatic heterocycles. The molecule has 174 valence electrons. The zero-order valence-corrected chi connectivity index (χ0v) is 19.9. The molecule has 37 heavy (non-hydrogen) atoms. The van der Waals surface area contributed by atoms with Crippen LogP contribution in [-0.2, 0) is 0 Å². The van der Waals surface area contributed by atoms with Gasteiger partial charge in [0.2, 0.25) is 0 Å². The molecule has 7 aromatic rings. The van der Waals surface area contributed by atoms with Crippen LogP contribution < -0.4 is 0 Å². The van der Waals surface area contributed by atoms with E-state index in [1.54, 1.807) is 6.20 Å². The summed E-state index contributed by atoms with van der Waals surface area (Å²) >= 11 is 0. The van der Waals surface area contributed by atoms with Crippen molar-refractivity contribution >= 4 is 21.9 Å². The Balaban J connectivity index is 1.46. The highest BCUT2D eigenvalue weighted by Gasteiger charge is 2.15. The standard InChI is InChI=1S/C33H21N3O/c1-2-9-22(10-3-1)29-20-30(23-16-17-32-28(19-23)26-13-6-7-15-31(26)37-32)36-33(35-29)27-14-5-4-12-25(27)24-11-8-18-34-21-24/h1-21H. The number of benzene rings is 4. The van der Waals surface area contributed by atoms with E-state index < -0.39 is 0 Å². The van der Waals surface area contributed by atoms with E-state index in [0.29, 0.717) is 5.82 Å². The SMILES string of the molecule is c1ccc(-c2cc(-c3ccc4oc5ccccc5c4c3)nc(-c3ccccc3-c3cccnc3)n2)cc1. The average Bonchev–Trinajstić information content (AvgIpc) is 3.36. The molecule has 4 aromatic carbocycles. The maximum Gasteiger partial charge on any atom is 0.161 e. The first-order chi connectivity index (χ1) is 18.3. The molecule has 0 saturated carbocycles. The van der Waals surface area contributed by atoms with E-state index in [2.05, 4.69) is 59.6 Å². The summed E-state index contributed by atoms with van der Waals surface area (Å²) < 4.78 is 6.06. The Morgan fingerprint density at radius 2 is 1.19 bits per heavy atom. The van der Waals surface area contributed by atoms with Gasteiger partial charge in [-0.15, -0.1) is 0 Å². The van der Waals surface area contributed by atoms with Crippen molar-refractivity contribution in [3.05, 3.63) is 128 Å². The maximum atomic E-state index is 6.06. The van der Waals surface area contributed by atoms with Crippen LogP contribution in [0.25, 0.3) is 67.0 Å². The Labute approximate surface area is 213 Å². The number of fused-ring (bicyclic) bond motifs is 3. The highest BCUT2D eigenvalue weighted by Crippen LogP contribution is 2.35. The molecule has 7 rings (SSSR count). The van der Waals surface area contributed by atoms with Gasteiger partial charge in [0.15, 0.2) is 5.82 Å². The van der Waals surface area contributed by atoms with E-state index in [0.717, 1.165) is 61.1 Å². The van der Waals surface area contributed by atoms with Crippen LogP contribution >= 0.6 is 0 Å². The molecule has 0 aliphatic carbocycles. The molecule has 0 unspecified atom stereocenters. The van der Waals surface area contributed by atoms with Crippen LogP contribution in [0.15, 0.2) is 132 Å². The second-order valence-electron chi connectivity index (χ2n) is 8.92. The Bertz CT molecular complexity index is 1880. The Morgan fingerprint density at radius 3 is 2.03 bits per heavy atom. The van der Waals surface area contributed by atoms with Gasteiger partial charge in [-0.2, -0.15) is 0 Å². The van der Waals surface area contributed by atoms with Crippen molar-refractivity contribution in [1.29, 1.82) is 0 Å². The summed E-state index contributed by atoms with van der Waals surface area (Å²) in [5, 5.41) is 2.17. The maximum absolute atomic E-state index is 6.06. The van der Waals surface area contributed by atoms with Crippen molar-refractivity contribution in [3.8, 4) is 45.0 Å². The second kappa shape index (κ2) is 8.85. The van der Waals surface area contributed by atoms with Crippen molar-refractivity contribution in [2.75, 3.05) is 0 Å². The number of pyridine rings is 1. The summed E-state index contributed by atoms with van der Waals surface area (Å²) in [5.41, 5.74) is 8.57. The molecule has 3 heterocycles. The fraction of sp³-hybridized carbons (Fsp3) is 0. The molecule has 4 nitrogen and oxygen atoms in total. The van der Waals surface area contributed by atoms with Gasteiger partial charge < -0.3 is 4.42 Å². The average molecular weight is 476 g/mol. The summed E-state index contributed by atoms with van der Waals surface area (Å²) in [7, 11) is 0. The van der Waals surface area contributed by atoms with Gasteiger partial charge in [-0.1, -0.05) is 78.9 Å². The van der Waals surface area contributed by atoms with Crippen LogP contribution in [0.2, 0.25) is 0 Å². The molecular formula is C33H21N3O. The second-order valence-corrected chi connectivity index (χ2v) is 8.92. The number of furan rings is 1.